The molecule has 3 nitrogen and oxygen atoms in total. The van der Waals surface area contributed by atoms with Crippen LogP contribution in [0.25, 0.3) is 0 Å². The SMILES string of the molecule is C#CC#CC#CC#CC#CC#CC#CC#CC#CC#CC#CC#CC#CC#CC#CC#CC#CC#CC#CC#CC#CC#CC#CC#CC#CC#CC#CC#CC#CC#CC#CC#CC#CC#CC#CC.CC(=O)SCc1ccc(C(=O)CCCN)cc1.Cl. The molecule has 0 saturated carbocycles. The molecule has 0 fully saturated rings. The highest BCUT2D eigenvalue weighted by molar-refractivity contribution is 8.12. The molecule has 5 heteroatoms. The number of rotatable bonds is 6. The maximum absolute atomic E-state index is 11.7. The first-order valence-corrected chi connectivity index (χ1v) is 24.4. The Balaban J connectivity index is 0. The van der Waals surface area contributed by atoms with Crippen molar-refractivity contribution in [2.45, 2.75) is 32.4 Å². The van der Waals surface area contributed by atoms with Crippen LogP contribution in [0.5, 0.6) is 0 Å². The molecule has 0 aliphatic rings. The van der Waals surface area contributed by atoms with Gasteiger partial charge in [-0.1, -0.05) is 41.9 Å². The lowest BCUT2D eigenvalue weighted by Gasteiger charge is -2.02. The van der Waals surface area contributed by atoms with Crippen LogP contribution in [-0.2, 0) is 10.5 Å². The molecule has 1 rings (SSSR count). The first-order valence-electron chi connectivity index (χ1n) is 23.4. The molecule has 0 spiro atoms. The van der Waals surface area contributed by atoms with E-state index in [4.69, 9.17) is 12.2 Å². The smallest absolute Gasteiger partial charge is 0.186 e. The van der Waals surface area contributed by atoms with Crippen LogP contribution in [-0.4, -0.2) is 17.4 Å². The lowest BCUT2D eigenvalue weighted by Crippen LogP contribution is -2.04. The number of thioether (sulfide) groups is 1. The average molecular weight is 1140 g/mol. The van der Waals surface area contributed by atoms with Gasteiger partial charge in [-0.3, -0.25) is 9.59 Å². The van der Waals surface area contributed by atoms with Crippen molar-refractivity contribution in [1.82, 2.24) is 0 Å². The summed E-state index contributed by atoms with van der Waals surface area (Å²) in [7, 11) is 0. The number of hydrogen-bond donors (Lipinski definition) is 1. The zero-order chi connectivity index (χ0) is 63.5. The summed E-state index contributed by atoms with van der Waals surface area (Å²) in [5.41, 5.74) is 7.13. The fourth-order valence-electron chi connectivity index (χ4n) is 3.51. The van der Waals surface area contributed by atoms with Gasteiger partial charge in [-0.15, -0.1) is 18.8 Å². The third-order valence-corrected chi connectivity index (χ3v) is 7.53. The van der Waals surface area contributed by atoms with Crippen LogP contribution < -0.4 is 5.73 Å². The Kier molecular flexibility index (Phi) is 55.5. The number of benzene rings is 1. The van der Waals surface area contributed by atoms with E-state index in [1.807, 2.05) is 24.3 Å². The number of terminal acetylenes is 1. The summed E-state index contributed by atoms with van der Waals surface area (Å²) in [6.45, 7) is 3.78. The Morgan fingerprint density at radius 2 is 0.506 bits per heavy atom. The number of hydrogen-bond acceptors (Lipinski definition) is 4. The molecule has 0 unspecified atom stereocenters. The van der Waals surface area contributed by atoms with E-state index in [1.165, 1.54) is 11.8 Å². The minimum Gasteiger partial charge on any atom is -0.330 e. The van der Waals surface area contributed by atoms with Crippen molar-refractivity contribution in [1.29, 1.82) is 0 Å². The first-order chi connectivity index (χ1) is 43.5. The van der Waals surface area contributed by atoms with Gasteiger partial charge in [0.2, 0.25) is 0 Å². The van der Waals surface area contributed by atoms with Crippen LogP contribution >= 0.6 is 24.2 Å². The topological polar surface area (TPSA) is 60.2 Å². The van der Waals surface area contributed by atoms with Crippen LogP contribution in [0.2, 0.25) is 0 Å². The number of carbonyl (C=O) groups excluding carboxylic acids is 2. The van der Waals surface area contributed by atoms with Gasteiger partial charge in [-0.2, -0.15) is 0 Å². The second kappa shape index (κ2) is 66.0. The van der Waals surface area contributed by atoms with E-state index >= 15 is 0 Å². The van der Waals surface area contributed by atoms with E-state index in [0.29, 0.717) is 18.7 Å². The van der Waals surface area contributed by atoms with Crippen molar-refractivity contribution in [3.05, 3.63) is 35.4 Å². The summed E-state index contributed by atoms with van der Waals surface area (Å²) >= 11 is 1.27. The molecule has 89 heavy (non-hydrogen) atoms. The standard InChI is InChI=1S/C71H4.C13H17NO2S.ClH/c1-3-5-7-9-11-13-15-17-19-21-23-25-27-29-31-33-35-37-39-41-43-45-47-49-51-53-55-57-59-61-63-65-67-69-71-70-68-66-64-62-60-58-56-54-52-50-48-46-44-42-40-38-36-34-32-30-28-26-24-22-20-18-16-14-12-10-8-6-4-2;1-10(15)17-9-11-4-6-12(7-5-11)13(16)3-2-8-14;/h1H,2H3;4-7H,2-3,8-9,14H2,1H3;1H. The van der Waals surface area contributed by atoms with Gasteiger partial charge in [0, 0.05) is 333 Å². The summed E-state index contributed by atoms with van der Waals surface area (Å²) in [5.74, 6) is 173. The summed E-state index contributed by atoms with van der Waals surface area (Å²) in [5, 5.41) is 0.105. The van der Waals surface area contributed by atoms with Gasteiger partial charge in [0.1, 0.15) is 0 Å². The van der Waals surface area contributed by atoms with Crippen molar-refractivity contribution in [3.8, 4) is 415 Å². The molecular weight excluding hydrogens is 1120 g/mol. The molecule has 388 valence electrons. The minimum absolute atomic E-state index is 0. The van der Waals surface area contributed by atoms with Gasteiger partial charge >= 0.3 is 0 Å². The largest absolute Gasteiger partial charge is 0.330 e. The predicted molar refractivity (Wildman–Crippen MR) is 357 cm³/mol. The van der Waals surface area contributed by atoms with Gasteiger partial charge in [-0.05, 0) is 120 Å². The molecule has 1 aromatic rings. The van der Waals surface area contributed by atoms with Crippen LogP contribution in [0, 0.1) is 415 Å². The summed E-state index contributed by atoms with van der Waals surface area (Å²) < 4.78 is 0. The highest BCUT2D eigenvalue weighted by Gasteiger charge is 2.05. The predicted octanol–water partition coefficient (Wildman–Crippen LogP) is 3.56. The fourth-order valence-corrected chi connectivity index (χ4v) is 4.07. The third kappa shape index (κ3) is 62.5. The van der Waals surface area contributed by atoms with Crippen LogP contribution in [0.3, 0.4) is 0 Å². The molecule has 0 aromatic heterocycles. The molecule has 0 radical (unpaired) electrons. The van der Waals surface area contributed by atoms with Crippen LogP contribution in [0.15, 0.2) is 24.3 Å². The number of nitrogens with two attached hydrogens (primary N) is 1. The van der Waals surface area contributed by atoms with Crippen molar-refractivity contribution < 1.29 is 9.59 Å². The van der Waals surface area contributed by atoms with E-state index in [-0.39, 0.29) is 23.3 Å². The lowest BCUT2D eigenvalue weighted by molar-refractivity contribution is -0.109. The van der Waals surface area contributed by atoms with Crippen LogP contribution in [0.4, 0.5) is 0 Å². The highest BCUT2D eigenvalue weighted by Crippen LogP contribution is 2.14. The molecule has 0 heterocycles. The zero-order valence-electron chi connectivity index (χ0n) is 46.4. The Morgan fingerprint density at radius 1 is 0.326 bits per heavy atom. The number of Topliss-reactive ketones (excluding diaryl/α,β-unsaturated/α-hetero) is 1. The van der Waals surface area contributed by atoms with Crippen molar-refractivity contribution in [2.24, 2.45) is 5.73 Å². The van der Waals surface area contributed by atoms with E-state index in [9.17, 15) is 9.59 Å². The Bertz CT molecular complexity index is 5430. The van der Waals surface area contributed by atoms with Crippen LogP contribution in [0.1, 0.15) is 42.6 Å². The molecular formula is C84H22ClNO2S. The second-order valence-corrected chi connectivity index (χ2v) is 13.7. The lowest BCUT2D eigenvalue weighted by atomic mass is 10.1. The Labute approximate surface area is 536 Å². The van der Waals surface area contributed by atoms with Gasteiger partial charge < -0.3 is 5.73 Å². The second-order valence-electron chi connectivity index (χ2n) is 12.6. The van der Waals surface area contributed by atoms with Gasteiger partial charge in [0.25, 0.3) is 0 Å². The molecule has 0 atom stereocenters. The van der Waals surface area contributed by atoms with Gasteiger partial charge in [0.05, 0.1) is 0 Å². The van der Waals surface area contributed by atoms with Crippen molar-refractivity contribution in [2.75, 3.05) is 6.54 Å². The molecule has 2 N–H and O–H groups in total. The molecule has 0 amide bonds. The highest BCUT2D eigenvalue weighted by atomic mass is 35.5. The summed E-state index contributed by atoms with van der Waals surface area (Å²) in [4.78, 5) is 22.5. The molecule has 0 aliphatic carbocycles. The average Bonchev–Trinajstić information content (AvgIpc) is 3.72. The minimum atomic E-state index is 0. The Hall–Kier alpha value is -16.2. The molecule has 0 bridgehead atoms. The third-order valence-electron chi connectivity index (χ3n) is 6.65. The number of carbonyl (C=O) groups is 2. The molecule has 0 aliphatic heterocycles. The fraction of sp³-hybridized carbons (Fsp3) is 0.0714. The molecule has 0 saturated heterocycles. The maximum atomic E-state index is 11.7. The van der Waals surface area contributed by atoms with E-state index in [2.05, 4.69) is 409 Å². The molecule has 1 aromatic carbocycles. The summed E-state index contributed by atoms with van der Waals surface area (Å²) in [6.07, 6.45) is 6.17. The van der Waals surface area contributed by atoms with E-state index < -0.39 is 0 Å². The van der Waals surface area contributed by atoms with Gasteiger partial charge in [-0.25, -0.2) is 0 Å². The number of halogens is 1. The van der Waals surface area contributed by atoms with E-state index in [1.54, 1.807) is 13.8 Å². The Morgan fingerprint density at radius 3 is 0.663 bits per heavy atom. The quantitative estimate of drug-likeness (QED) is 0.351. The normalized spacial score (nSPS) is 5.10. The van der Waals surface area contributed by atoms with E-state index in [0.717, 1.165) is 17.5 Å². The van der Waals surface area contributed by atoms with Crippen molar-refractivity contribution in [3.63, 3.8) is 0 Å². The van der Waals surface area contributed by atoms with Gasteiger partial charge in [0.15, 0.2) is 10.9 Å². The maximum Gasteiger partial charge on any atom is 0.186 e. The number of ketones is 1. The monoisotopic (exact) mass is 1140 g/mol. The van der Waals surface area contributed by atoms with Crippen molar-refractivity contribution >= 4 is 35.1 Å². The zero-order valence-corrected chi connectivity index (χ0v) is 48.1. The summed E-state index contributed by atoms with van der Waals surface area (Å²) in [6, 6.07) is 7.42. The first kappa shape index (κ1) is 74.8.